The normalized spacial score (nSPS) is 14.8. The second-order valence-electron chi connectivity index (χ2n) is 8.88. The van der Waals surface area contributed by atoms with Crippen molar-refractivity contribution in [1.82, 2.24) is 4.57 Å². The lowest BCUT2D eigenvalue weighted by Gasteiger charge is -2.22. The Labute approximate surface area is 227 Å². The van der Waals surface area contributed by atoms with E-state index in [0.717, 1.165) is 72.8 Å². The summed E-state index contributed by atoms with van der Waals surface area (Å²) < 4.78 is 4.49. The van der Waals surface area contributed by atoms with Crippen LogP contribution in [0, 0.1) is 0 Å². The van der Waals surface area contributed by atoms with E-state index in [1.807, 2.05) is 24.3 Å². The van der Waals surface area contributed by atoms with Gasteiger partial charge < -0.3 is 9.80 Å². The molecule has 4 nitrogen and oxygen atoms in total. The number of hydrogen-bond acceptors (Lipinski definition) is 2. The first kappa shape index (κ1) is 26.2. The van der Waals surface area contributed by atoms with Gasteiger partial charge in [-0.3, -0.25) is 0 Å². The maximum atomic E-state index is 6.37. The molecular formula is C27H31Cl4N4+. The molecular weight excluding hydrogens is 522 g/mol. The van der Waals surface area contributed by atoms with Gasteiger partial charge in [-0.1, -0.05) is 79.2 Å². The van der Waals surface area contributed by atoms with E-state index in [1.165, 1.54) is 0 Å². The number of rotatable bonds is 8. The number of aromatic nitrogens is 2. The summed E-state index contributed by atoms with van der Waals surface area (Å²) in [4.78, 5) is 4.49. The number of anilines is 2. The van der Waals surface area contributed by atoms with Gasteiger partial charge in [0.2, 0.25) is 0 Å². The van der Waals surface area contributed by atoms with Crippen LogP contribution >= 0.6 is 46.4 Å². The fourth-order valence-electron chi connectivity index (χ4n) is 4.60. The van der Waals surface area contributed by atoms with Crippen molar-refractivity contribution in [3.8, 4) is 0 Å². The fourth-order valence-corrected chi connectivity index (χ4v) is 5.24. The summed E-state index contributed by atoms with van der Waals surface area (Å²) in [6.45, 7) is 6.22. The van der Waals surface area contributed by atoms with Crippen LogP contribution in [0.15, 0.2) is 42.2 Å². The zero-order chi connectivity index (χ0) is 25.3. The zero-order valence-electron chi connectivity index (χ0n) is 20.6. The van der Waals surface area contributed by atoms with E-state index in [1.54, 1.807) is 0 Å². The Morgan fingerprint density at radius 3 is 2.11 bits per heavy atom. The van der Waals surface area contributed by atoms with Crippen LogP contribution in [0.2, 0.25) is 20.1 Å². The van der Waals surface area contributed by atoms with Gasteiger partial charge in [-0.2, -0.15) is 0 Å². The van der Waals surface area contributed by atoms with Crippen LogP contribution in [0.4, 0.5) is 11.4 Å². The summed E-state index contributed by atoms with van der Waals surface area (Å²) in [7, 11) is 4.13. The molecule has 1 aromatic heterocycles. The van der Waals surface area contributed by atoms with Crippen LogP contribution in [-0.2, 0) is 13.6 Å². The molecule has 1 aliphatic rings. The molecule has 0 saturated carbocycles. The number of imidazole rings is 1. The van der Waals surface area contributed by atoms with Gasteiger partial charge in [0.25, 0.3) is 5.82 Å². The van der Waals surface area contributed by atoms with Crippen LogP contribution in [0.1, 0.15) is 45.4 Å². The topological polar surface area (TPSA) is 15.3 Å². The number of hydrogen-bond donors (Lipinski definition) is 0. The highest BCUT2D eigenvalue weighted by atomic mass is 35.5. The predicted molar refractivity (Wildman–Crippen MR) is 152 cm³/mol. The molecule has 0 spiro atoms. The minimum Gasteiger partial charge on any atom is -0.329 e. The Morgan fingerprint density at radius 1 is 0.829 bits per heavy atom. The highest BCUT2D eigenvalue weighted by Crippen LogP contribution is 2.45. The van der Waals surface area contributed by atoms with E-state index in [4.69, 9.17) is 46.4 Å². The lowest BCUT2D eigenvalue weighted by molar-refractivity contribution is -0.647. The molecule has 8 heteroatoms. The molecule has 2 heterocycles. The first-order chi connectivity index (χ1) is 16.8. The Morgan fingerprint density at radius 2 is 1.43 bits per heavy atom. The number of unbranched alkanes of at least 4 members (excludes halogenated alkanes) is 2. The maximum absolute atomic E-state index is 6.37. The van der Waals surface area contributed by atoms with Crippen LogP contribution in [0.3, 0.4) is 0 Å². The van der Waals surface area contributed by atoms with Gasteiger partial charge >= 0.3 is 0 Å². The van der Waals surface area contributed by atoms with E-state index in [2.05, 4.69) is 65.1 Å². The van der Waals surface area contributed by atoms with Crippen molar-refractivity contribution >= 4 is 74.9 Å². The molecule has 186 valence electrons. The third-order valence-electron chi connectivity index (χ3n) is 6.54. The molecule has 4 rings (SSSR count). The predicted octanol–water partition coefficient (Wildman–Crippen LogP) is 8.49. The van der Waals surface area contributed by atoms with E-state index in [9.17, 15) is 0 Å². The minimum absolute atomic E-state index is 0.564. The number of halogens is 4. The van der Waals surface area contributed by atoms with Crippen LogP contribution < -0.4 is 14.4 Å². The Kier molecular flexibility index (Phi) is 8.27. The number of nitrogens with zero attached hydrogens (tertiary/aromatic N) is 4. The molecule has 0 N–H and O–H groups in total. The summed E-state index contributed by atoms with van der Waals surface area (Å²) in [5.74, 6) is 2.18. The van der Waals surface area contributed by atoms with Gasteiger partial charge in [0.15, 0.2) is 11.0 Å². The molecule has 0 saturated heterocycles. The van der Waals surface area contributed by atoms with Crippen molar-refractivity contribution in [2.24, 2.45) is 7.05 Å². The van der Waals surface area contributed by atoms with Crippen molar-refractivity contribution < 1.29 is 4.57 Å². The van der Waals surface area contributed by atoms with E-state index in [-0.39, 0.29) is 0 Å². The first-order valence-electron chi connectivity index (χ1n) is 12.0. The largest absolute Gasteiger partial charge is 0.329 e. The number of aryl methyl sites for hydroxylation is 2. The van der Waals surface area contributed by atoms with Gasteiger partial charge in [0.05, 0.1) is 45.1 Å². The second kappa shape index (κ2) is 11.0. The molecule has 0 bridgehead atoms. The molecule has 0 amide bonds. The summed E-state index contributed by atoms with van der Waals surface area (Å²) in [5, 5.41) is 2.27. The molecule has 0 fully saturated rings. The molecule has 2 aromatic carbocycles. The van der Waals surface area contributed by atoms with Crippen molar-refractivity contribution in [1.29, 1.82) is 0 Å². The van der Waals surface area contributed by atoms with E-state index in [0.29, 0.717) is 20.1 Å². The highest BCUT2D eigenvalue weighted by molar-refractivity contribution is 6.43. The minimum atomic E-state index is 0.564. The Hall–Kier alpha value is -1.85. The average Bonchev–Trinajstić information content (AvgIpc) is 3.22. The lowest BCUT2D eigenvalue weighted by atomic mass is 10.2. The number of fused-ring (bicyclic) bond motifs is 2. The summed E-state index contributed by atoms with van der Waals surface area (Å²) >= 11 is 25.4. The molecule has 1 aliphatic heterocycles. The quantitative estimate of drug-likeness (QED) is 0.260. The third-order valence-corrected chi connectivity index (χ3v) is 7.99. The van der Waals surface area contributed by atoms with Gasteiger partial charge in [0, 0.05) is 31.8 Å². The molecule has 3 aromatic rings. The zero-order valence-corrected chi connectivity index (χ0v) is 23.6. The lowest BCUT2D eigenvalue weighted by Crippen LogP contribution is -2.31. The Balaban J connectivity index is 1.76. The standard InChI is InChI=1S/C27H31Cl4N4/c1-5-7-12-34-24-16-20(30)18(28)14-22(24)32(3)26(34)10-9-11-27-33(4)23-15-19(29)21(31)17-25(23)35(27)13-8-6-2/h9-11,14-17H,5-8,12-13H2,1-4H3/q+1. The van der Waals surface area contributed by atoms with E-state index >= 15 is 0 Å². The molecule has 0 unspecified atom stereocenters. The van der Waals surface area contributed by atoms with Crippen LogP contribution in [-0.4, -0.2) is 18.2 Å². The molecule has 35 heavy (non-hydrogen) atoms. The van der Waals surface area contributed by atoms with Crippen LogP contribution in [0.5, 0.6) is 0 Å². The van der Waals surface area contributed by atoms with Crippen molar-refractivity contribution in [2.45, 2.75) is 46.1 Å². The van der Waals surface area contributed by atoms with E-state index < -0.39 is 0 Å². The summed E-state index contributed by atoms with van der Waals surface area (Å²) in [6.07, 6.45) is 10.8. The summed E-state index contributed by atoms with van der Waals surface area (Å²) in [5.41, 5.74) is 4.29. The van der Waals surface area contributed by atoms with Gasteiger partial charge in [-0.15, -0.1) is 0 Å². The maximum Gasteiger partial charge on any atom is 0.282 e. The highest BCUT2D eigenvalue weighted by Gasteiger charge is 2.29. The monoisotopic (exact) mass is 551 g/mol. The number of benzene rings is 2. The SMILES string of the molecule is CCCCN1/C(=C\C=C\c2n(CCCC)c3cc(Cl)c(Cl)cc3[n+]2C)N(C)c2cc(Cl)c(Cl)cc21. The van der Waals surface area contributed by atoms with Crippen molar-refractivity contribution in [2.75, 3.05) is 23.4 Å². The molecule has 0 atom stereocenters. The van der Waals surface area contributed by atoms with Crippen molar-refractivity contribution in [3.05, 3.63) is 68.2 Å². The van der Waals surface area contributed by atoms with Gasteiger partial charge in [-0.25, -0.2) is 9.13 Å². The summed E-state index contributed by atoms with van der Waals surface area (Å²) in [6, 6.07) is 7.82. The number of allylic oxidation sites excluding steroid dienone is 2. The fraction of sp³-hybridized carbons (Fsp3) is 0.370. The smallest absolute Gasteiger partial charge is 0.282 e. The molecule has 0 aliphatic carbocycles. The van der Waals surface area contributed by atoms with Crippen LogP contribution in [0.25, 0.3) is 17.1 Å². The average molecular weight is 553 g/mol. The third kappa shape index (κ3) is 5.04. The van der Waals surface area contributed by atoms with Gasteiger partial charge in [-0.05, 0) is 31.1 Å². The molecule has 0 radical (unpaired) electrons. The second-order valence-corrected chi connectivity index (χ2v) is 10.5. The van der Waals surface area contributed by atoms with Gasteiger partial charge in [0.1, 0.15) is 5.82 Å². The van der Waals surface area contributed by atoms with Crippen molar-refractivity contribution in [3.63, 3.8) is 0 Å². The first-order valence-corrected chi connectivity index (χ1v) is 13.6. The Bertz CT molecular complexity index is 1310.